The van der Waals surface area contributed by atoms with Crippen LogP contribution in [0.4, 0.5) is 5.82 Å². The van der Waals surface area contributed by atoms with Crippen molar-refractivity contribution in [2.75, 3.05) is 18.4 Å². The highest BCUT2D eigenvalue weighted by Gasteiger charge is 2.14. The van der Waals surface area contributed by atoms with Crippen LogP contribution >= 0.6 is 11.3 Å². The number of imidazole rings is 1. The maximum atomic E-state index is 12.2. The molecular weight excluding hydrogens is 390 g/mol. The van der Waals surface area contributed by atoms with Crippen LogP contribution in [-0.2, 0) is 0 Å². The third-order valence-corrected chi connectivity index (χ3v) is 5.00. The summed E-state index contributed by atoms with van der Waals surface area (Å²) in [6, 6.07) is 7.32. The maximum absolute atomic E-state index is 12.2. The Balaban J connectivity index is 1.32. The second-order valence-corrected chi connectivity index (χ2v) is 7.19. The summed E-state index contributed by atoms with van der Waals surface area (Å²) in [5.41, 5.74) is 0.254. The second-order valence-electron chi connectivity index (χ2n) is 6.24. The average Bonchev–Trinajstić information content (AvgIpc) is 3.45. The van der Waals surface area contributed by atoms with Gasteiger partial charge in [0.1, 0.15) is 23.3 Å². The van der Waals surface area contributed by atoms with Crippen molar-refractivity contribution in [3.63, 3.8) is 0 Å². The second kappa shape index (κ2) is 8.23. The Kier molecular flexibility index (Phi) is 5.34. The maximum Gasteiger partial charge on any atom is 0.273 e. The van der Waals surface area contributed by atoms with Crippen LogP contribution in [0.15, 0.2) is 46.6 Å². The number of nitrogens with one attached hydrogen (secondary N) is 2. The quantitative estimate of drug-likeness (QED) is 0.452. The average molecular weight is 409 g/mol. The van der Waals surface area contributed by atoms with Gasteiger partial charge in [-0.25, -0.2) is 15.0 Å². The molecule has 0 radical (unpaired) electrons. The summed E-state index contributed by atoms with van der Waals surface area (Å²) >= 11 is 1.53. The summed E-state index contributed by atoms with van der Waals surface area (Å²) in [6.45, 7) is 4.65. The molecular formula is C19H19N7O2S. The van der Waals surface area contributed by atoms with Crippen LogP contribution < -0.4 is 10.6 Å². The zero-order valence-corrected chi connectivity index (χ0v) is 16.7. The van der Waals surface area contributed by atoms with Crippen LogP contribution in [0.5, 0.6) is 0 Å². The number of carbonyl (C=O) groups is 1. The lowest BCUT2D eigenvalue weighted by atomic mass is 10.3. The molecule has 1 amide bonds. The van der Waals surface area contributed by atoms with Gasteiger partial charge in [0.05, 0.1) is 4.88 Å². The molecule has 0 fully saturated rings. The molecule has 4 heterocycles. The molecule has 9 nitrogen and oxygen atoms in total. The summed E-state index contributed by atoms with van der Waals surface area (Å²) in [6.07, 6.45) is 3.58. The number of hydrogen-bond donors (Lipinski definition) is 2. The molecule has 0 atom stereocenters. The van der Waals surface area contributed by atoms with Crippen molar-refractivity contribution < 1.29 is 9.32 Å². The number of nitrogens with zero attached hydrogens (tertiary/aromatic N) is 5. The molecule has 0 bridgehead atoms. The Morgan fingerprint density at radius 1 is 1.24 bits per heavy atom. The van der Waals surface area contributed by atoms with E-state index >= 15 is 0 Å². The van der Waals surface area contributed by atoms with Gasteiger partial charge in [-0.05, 0) is 25.3 Å². The van der Waals surface area contributed by atoms with Crippen molar-refractivity contribution in [1.82, 2.24) is 30.0 Å². The van der Waals surface area contributed by atoms with Crippen molar-refractivity contribution in [1.29, 1.82) is 0 Å². The van der Waals surface area contributed by atoms with E-state index in [9.17, 15) is 4.79 Å². The molecule has 29 heavy (non-hydrogen) atoms. The van der Waals surface area contributed by atoms with E-state index in [2.05, 4.69) is 30.7 Å². The van der Waals surface area contributed by atoms with Crippen molar-refractivity contribution in [3.8, 4) is 16.5 Å². The first-order valence-electron chi connectivity index (χ1n) is 8.99. The largest absolute Gasteiger partial charge is 0.368 e. The van der Waals surface area contributed by atoms with Crippen LogP contribution in [0.1, 0.15) is 22.1 Å². The summed E-state index contributed by atoms with van der Waals surface area (Å²) in [5, 5.41) is 11.8. The van der Waals surface area contributed by atoms with Gasteiger partial charge in [-0.1, -0.05) is 11.2 Å². The van der Waals surface area contributed by atoms with Crippen LogP contribution in [0, 0.1) is 13.8 Å². The topological polar surface area (TPSA) is 111 Å². The van der Waals surface area contributed by atoms with Gasteiger partial charge in [-0.3, -0.25) is 9.36 Å². The molecule has 0 aliphatic carbocycles. The molecule has 0 spiro atoms. The number of aromatic nitrogens is 5. The lowest BCUT2D eigenvalue weighted by molar-refractivity contribution is 0.0946. The minimum atomic E-state index is -0.285. The van der Waals surface area contributed by atoms with E-state index in [1.165, 1.54) is 11.3 Å². The smallest absolute Gasteiger partial charge is 0.273 e. The van der Waals surface area contributed by atoms with Crippen LogP contribution in [0.2, 0.25) is 0 Å². The minimum Gasteiger partial charge on any atom is -0.368 e. The monoisotopic (exact) mass is 409 g/mol. The number of carbonyl (C=O) groups excluding carboxylic acids is 1. The summed E-state index contributed by atoms with van der Waals surface area (Å²) in [7, 11) is 0. The highest BCUT2D eigenvalue weighted by molar-refractivity contribution is 7.13. The molecule has 4 aromatic rings. The fourth-order valence-corrected chi connectivity index (χ4v) is 3.43. The van der Waals surface area contributed by atoms with Crippen molar-refractivity contribution >= 4 is 23.1 Å². The Labute approximate surface area is 170 Å². The first-order valence-corrected chi connectivity index (χ1v) is 9.87. The van der Waals surface area contributed by atoms with E-state index in [4.69, 9.17) is 4.52 Å². The van der Waals surface area contributed by atoms with E-state index in [0.717, 1.165) is 16.5 Å². The van der Waals surface area contributed by atoms with Crippen LogP contribution in [-0.4, -0.2) is 43.7 Å². The number of anilines is 1. The minimum absolute atomic E-state index is 0.254. The van der Waals surface area contributed by atoms with Crippen molar-refractivity contribution in [3.05, 3.63) is 59.4 Å². The predicted molar refractivity (Wildman–Crippen MR) is 109 cm³/mol. The normalized spacial score (nSPS) is 10.8. The molecule has 0 aromatic carbocycles. The van der Waals surface area contributed by atoms with Gasteiger partial charge in [0.15, 0.2) is 11.5 Å². The fraction of sp³-hybridized carbons (Fsp3) is 0.211. The highest BCUT2D eigenvalue weighted by Crippen LogP contribution is 2.25. The number of aryl methyl sites for hydroxylation is 2. The zero-order valence-electron chi connectivity index (χ0n) is 15.9. The number of thiophene rings is 1. The summed E-state index contributed by atoms with van der Waals surface area (Å²) < 4.78 is 7.12. The third kappa shape index (κ3) is 4.32. The molecule has 148 valence electrons. The number of amides is 1. The molecule has 0 unspecified atom stereocenters. The Bertz CT molecular complexity index is 1120. The molecule has 10 heteroatoms. The van der Waals surface area contributed by atoms with Gasteiger partial charge in [-0.2, -0.15) is 0 Å². The molecule has 2 N–H and O–H groups in total. The summed E-state index contributed by atoms with van der Waals surface area (Å²) in [4.78, 5) is 26.2. The van der Waals surface area contributed by atoms with Crippen molar-refractivity contribution in [2.45, 2.75) is 13.8 Å². The van der Waals surface area contributed by atoms with E-state index < -0.39 is 0 Å². The Hall–Kier alpha value is -3.53. The van der Waals surface area contributed by atoms with E-state index in [1.807, 2.05) is 48.2 Å². The lowest BCUT2D eigenvalue weighted by Gasteiger charge is -2.10. The van der Waals surface area contributed by atoms with Crippen LogP contribution in [0.3, 0.4) is 0 Å². The van der Waals surface area contributed by atoms with Gasteiger partial charge in [0.25, 0.3) is 5.91 Å². The standard InChI is InChI=1S/C19H19N7O2S/c1-12-23-17(11-18(24-12)26-8-7-20-13(26)2)21-5-6-22-19(27)14-10-15(28-25-14)16-4-3-9-29-16/h3-4,7-11H,5-6H2,1-2H3,(H,22,27)(H,21,23,24). The van der Waals surface area contributed by atoms with Gasteiger partial charge in [0, 0.05) is 37.6 Å². The molecule has 0 aliphatic rings. The first kappa shape index (κ1) is 18.8. The molecule has 0 saturated carbocycles. The Morgan fingerprint density at radius 3 is 2.90 bits per heavy atom. The third-order valence-electron chi connectivity index (χ3n) is 4.12. The summed E-state index contributed by atoms with van der Waals surface area (Å²) in [5.74, 6) is 3.20. The highest BCUT2D eigenvalue weighted by atomic mass is 32.1. The zero-order chi connectivity index (χ0) is 20.2. The Morgan fingerprint density at radius 2 is 2.14 bits per heavy atom. The molecule has 0 aliphatic heterocycles. The predicted octanol–water partition coefficient (Wildman–Crippen LogP) is 2.84. The number of hydrogen-bond acceptors (Lipinski definition) is 8. The lowest BCUT2D eigenvalue weighted by Crippen LogP contribution is -2.29. The van der Waals surface area contributed by atoms with Crippen molar-refractivity contribution in [2.24, 2.45) is 0 Å². The number of rotatable bonds is 7. The van der Waals surface area contributed by atoms with Gasteiger partial charge < -0.3 is 15.2 Å². The fourth-order valence-electron chi connectivity index (χ4n) is 2.76. The SMILES string of the molecule is Cc1nc(NCCNC(=O)c2cc(-c3cccs3)on2)cc(-n2ccnc2C)n1. The molecule has 4 rings (SSSR count). The first-order chi connectivity index (χ1) is 14.1. The van der Waals surface area contributed by atoms with Gasteiger partial charge in [0.2, 0.25) is 0 Å². The van der Waals surface area contributed by atoms with Gasteiger partial charge >= 0.3 is 0 Å². The molecule has 4 aromatic heterocycles. The van der Waals surface area contributed by atoms with E-state index in [1.54, 1.807) is 12.3 Å². The van der Waals surface area contributed by atoms with E-state index in [0.29, 0.717) is 30.5 Å². The van der Waals surface area contributed by atoms with Crippen LogP contribution in [0.25, 0.3) is 16.5 Å². The van der Waals surface area contributed by atoms with Gasteiger partial charge in [-0.15, -0.1) is 11.3 Å². The molecule has 0 saturated heterocycles. The van der Waals surface area contributed by atoms with E-state index in [-0.39, 0.29) is 11.6 Å².